The van der Waals surface area contributed by atoms with Crippen molar-refractivity contribution in [2.75, 3.05) is 12.0 Å². The van der Waals surface area contributed by atoms with Gasteiger partial charge >= 0.3 is 0 Å². The second-order valence-corrected chi connectivity index (χ2v) is 7.55. The zero-order chi connectivity index (χ0) is 22.0. The predicted molar refractivity (Wildman–Crippen MR) is 124 cm³/mol. The van der Waals surface area contributed by atoms with Crippen LogP contribution in [0, 0.1) is 13.8 Å². The number of aryl methyl sites for hydroxylation is 1. The number of rotatable bonds is 5. The zero-order valence-electron chi connectivity index (χ0n) is 17.8. The van der Waals surface area contributed by atoms with Crippen LogP contribution in [0.2, 0.25) is 0 Å². The smallest absolute Gasteiger partial charge is 0.258 e. The largest absolute Gasteiger partial charge is 0.497 e. The van der Waals surface area contributed by atoms with Gasteiger partial charge in [-0.1, -0.05) is 30.3 Å². The molecule has 0 saturated carbocycles. The van der Waals surface area contributed by atoms with E-state index in [9.17, 15) is 9.59 Å². The lowest BCUT2D eigenvalue weighted by atomic mass is 10.0. The fourth-order valence-electron chi connectivity index (χ4n) is 3.66. The number of H-pyrrole nitrogens is 1. The van der Waals surface area contributed by atoms with Crippen LogP contribution in [-0.4, -0.2) is 18.0 Å². The van der Waals surface area contributed by atoms with E-state index >= 15 is 0 Å². The summed E-state index contributed by atoms with van der Waals surface area (Å²) in [6.45, 7) is 4.16. The molecule has 0 aliphatic rings. The fourth-order valence-corrected chi connectivity index (χ4v) is 3.66. The van der Waals surface area contributed by atoms with E-state index in [0.29, 0.717) is 16.9 Å². The molecule has 0 bridgehead atoms. The van der Waals surface area contributed by atoms with Gasteiger partial charge in [-0.2, -0.15) is 0 Å². The number of pyridine rings is 1. The Kier molecular flexibility index (Phi) is 5.58. The normalized spacial score (nSPS) is 10.8. The summed E-state index contributed by atoms with van der Waals surface area (Å²) < 4.78 is 5.21. The molecule has 0 spiro atoms. The van der Waals surface area contributed by atoms with Crippen molar-refractivity contribution in [1.82, 2.24) is 4.98 Å². The van der Waals surface area contributed by atoms with Gasteiger partial charge in [-0.05, 0) is 72.8 Å². The first-order valence-electron chi connectivity index (χ1n) is 10.1. The monoisotopic (exact) mass is 412 g/mol. The number of carbonyl (C=O) groups is 1. The zero-order valence-corrected chi connectivity index (χ0v) is 17.8. The highest BCUT2D eigenvalue weighted by molar-refractivity contribution is 6.06. The van der Waals surface area contributed by atoms with Gasteiger partial charge in [-0.25, -0.2) is 0 Å². The third kappa shape index (κ3) is 4.08. The summed E-state index contributed by atoms with van der Waals surface area (Å²) in [5.74, 6) is 0.504. The highest BCUT2D eigenvalue weighted by Crippen LogP contribution is 2.27. The lowest BCUT2D eigenvalue weighted by Crippen LogP contribution is -2.33. The lowest BCUT2D eigenvalue weighted by molar-refractivity contribution is 0.0985. The van der Waals surface area contributed by atoms with Gasteiger partial charge in [-0.3, -0.25) is 9.59 Å². The number of methoxy groups -OCH3 is 1. The van der Waals surface area contributed by atoms with Crippen LogP contribution in [0.4, 0.5) is 5.69 Å². The number of para-hydroxylation sites is 1. The standard InChI is InChI=1S/C26H24N2O3/c1-17-7-6-10-24(18(17)2)28(26(30)19-11-13-22(31-3)14-12-19)16-21-15-20-8-4-5-9-23(20)27-25(21)29/h4-15H,16H2,1-3H3,(H,27,29). The molecule has 0 aliphatic heterocycles. The number of nitrogens with one attached hydrogen (secondary N) is 1. The van der Waals surface area contributed by atoms with Crippen LogP contribution in [0.3, 0.4) is 0 Å². The van der Waals surface area contributed by atoms with E-state index in [1.165, 1.54) is 0 Å². The Bertz CT molecular complexity index is 1310. The average Bonchev–Trinajstić information content (AvgIpc) is 2.79. The molecule has 5 nitrogen and oxygen atoms in total. The molecular formula is C26H24N2O3. The molecule has 156 valence electrons. The van der Waals surface area contributed by atoms with Gasteiger partial charge in [0.05, 0.1) is 13.7 Å². The summed E-state index contributed by atoms with van der Waals surface area (Å²) in [6, 6.07) is 22.3. The van der Waals surface area contributed by atoms with Crippen molar-refractivity contribution < 1.29 is 9.53 Å². The molecule has 0 radical (unpaired) electrons. The predicted octanol–water partition coefficient (Wildman–Crippen LogP) is 5.00. The minimum Gasteiger partial charge on any atom is -0.497 e. The number of ether oxygens (including phenoxy) is 1. The van der Waals surface area contributed by atoms with E-state index < -0.39 is 0 Å². The Balaban J connectivity index is 1.80. The highest BCUT2D eigenvalue weighted by Gasteiger charge is 2.22. The topological polar surface area (TPSA) is 62.4 Å². The van der Waals surface area contributed by atoms with Crippen molar-refractivity contribution in [3.05, 3.63) is 105 Å². The van der Waals surface area contributed by atoms with Crippen LogP contribution < -0.4 is 15.2 Å². The van der Waals surface area contributed by atoms with Crippen molar-refractivity contribution in [2.24, 2.45) is 0 Å². The van der Waals surface area contributed by atoms with Crippen molar-refractivity contribution in [1.29, 1.82) is 0 Å². The summed E-state index contributed by atoms with van der Waals surface area (Å²) in [4.78, 5) is 30.9. The van der Waals surface area contributed by atoms with Crippen LogP contribution >= 0.6 is 0 Å². The minimum atomic E-state index is -0.198. The first-order valence-corrected chi connectivity index (χ1v) is 10.1. The molecule has 5 heteroatoms. The van der Waals surface area contributed by atoms with Crippen molar-refractivity contribution >= 4 is 22.5 Å². The number of anilines is 1. The maximum Gasteiger partial charge on any atom is 0.258 e. The molecule has 0 fully saturated rings. The van der Waals surface area contributed by atoms with Gasteiger partial charge in [0.15, 0.2) is 0 Å². The van der Waals surface area contributed by atoms with E-state index in [1.54, 1.807) is 36.3 Å². The number of benzene rings is 3. The van der Waals surface area contributed by atoms with Gasteiger partial charge in [0.25, 0.3) is 11.5 Å². The molecule has 1 amide bonds. The lowest BCUT2D eigenvalue weighted by Gasteiger charge is -2.25. The van der Waals surface area contributed by atoms with Gasteiger partial charge in [0.1, 0.15) is 5.75 Å². The van der Waals surface area contributed by atoms with Gasteiger partial charge in [0.2, 0.25) is 0 Å². The average molecular weight is 412 g/mol. The number of nitrogens with zero attached hydrogens (tertiary/aromatic N) is 1. The quantitative estimate of drug-likeness (QED) is 0.502. The first-order chi connectivity index (χ1) is 15.0. The second kappa shape index (κ2) is 8.48. The maximum absolute atomic E-state index is 13.6. The van der Waals surface area contributed by atoms with Crippen LogP contribution in [0.1, 0.15) is 27.0 Å². The molecule has 0 saturated heterocycles. The Morgan fingerprint density at radius 3 is 2.45 bits per heavy atom. The molecule has 0 atom stereocenters. The van der Waals surface area contributed by atoms with E-state index in [0.717, 1.165) is 27.7 Å². The highest BCUT2D eigenvalue weighted by atomic mass is 16.5. The van der Waals surface area contributed by atoms with E-state index in [-0.39, 0.29) is 18.0 Å². The van der Waals surface area contributed by atoms with E-state index in [4.69, 9.17) is 4.74 Å². The summed E-state index contributed by atoms with van der Waals surface area (Å²) in [5.41, 5.74) is 4.50. The number of aromatic nitrogens is 1. The summed E-state index contributed by atoms with van der Waals surface area (Å²) in [6.07, 6.45) is 0. The molecule has 0 unspecified atom stereocenters. The van der Waals surface area contributed by atoms with Crippen LogP contribution in [-0.2, 0) is 6.54 Å². The van der Waals surface area contributed by atoms with Crippen LogP contribution in [0.5, 0.6) is 5.75 Å². The Labute approximate surface area is 180 Å². The summed E-state index contributed by atoms with van der Waals surface area (Å²) >= 11 is 0. The molecule has 4 aromatic rings. The molecule has 4 rings (SSSR count). The molecule has 1 heterocycles. The van der Waals surface area contributed by atoms with Crippen molar-refractivity contribution in [3.8, 4) is 5.75 Å². The van der Waals surface area contributed by atoms with Crippen LogP contribution in [0.25, 0.3) is 10.9 Å². The Morgan fingerprint density at radius 1 is 0.968 bits per heavy atom. The molecule has 1 N–H and O–H groups in total. The number of fused-ring (bicyclic) bond motifs is 1. The third-order valence-electron chi connectivity index (χ3n) is 5.61. The van der Waals surface area contributed by atoms with Gasteiger partial charge in [0, 0.05) is 22.3 Å². The number of carbonyl (C=O) groups excluding carboxylic acids is 1. The number of hydrogen-bond acceptors (Lipinski definition) is 3. The third-order valence-corrected chi connectivity index (χ3v) is 5.61. The van der Waals surface area contributed by atoms with E-state index in [2.05, 4.69) is 4.98 Å². The van der Waals surface area contributed by atoms with Gasteiger partial charge < -0.3 is 14.6 Å². The Hall–Kier alpha value is -3.86. The Morgan fingerprint density at radius 2 is 1.71 bits per heavy atom. The first kappa shape index (κ1) is 20.4. The number of hydrogen-bond donors (Lipinski definition) is 1. The summed E-state index contributed by atoms with van der Waals surface area (Å²) in [7, 11) is 1.59. The van der Waals surface area contributed by atoms with Crippen LogP contribution in [0.15, 0.2) is 77.6 Å². The van der Waals surface area contributed by atoms with E-state index in [1.807, 2.05) is 62.4 Å². The number of amides is 1. The minimum absolute atomic E-state index is 0.162. The molecular weight excluding hydrogens is 388 g/mol. The second-order valence-electron chi connectivity index (χ2n) is 7.55. The molecule has 1 aromatic heterocycles. The number of aromatic amines is 1. The van der Waals surface area contributed by atoms with Crippen molar-refractivity contribution in [2.45, 2.75) is 20.4 Å². The summed E-state index contributed by atoms with van der Waals surface area (Å²) in [5, 5.41) is 0.926. The van der Waals surface area contributed by atoms with Crippen molar-refractivity contribution in [3.63, 3.8) is 0 Å². The molecule has 3 aromatic carbocycles. The molecule has 0 aliphatic carbocycles. The molecule has 31 heavy (non-hydrogen) atoms. The maximum atomic E-state index is 13.6. The van der Waals surface area contributed by atoms with Gasteiger partial charge in [-0.15, -0.1) is 0 Å². The SMILES string of the molecule is COc1ccc(C(=O)N(Cc2cc3ccccc3[nH]c2=O)c2cccc(C)c2C)cc1. The fraction of sp³-hybridized carbons (Fsp3) is 0.154.